The molecule has 8 heteroatoms. The van der Waals surface area contributed by atoms with E-state index < -0.39 is 27.4 Å². The van der Waals surface area contributed by atoms with Crippen molar-refractivity contribution in [2.45, 2.75) is 4.90 Å². The van der Waals surface area contributed by atoms with Gasteiger partial charge in [-0.1, -0.05) is 6.07 Å². The minimum absolute atomic E-state index is 0.126. The zero-order chi connectivity index (χ0) is 17.0. The fourth-order valence-electron chi connectivity index (χ4n) is 1.80. The Morgan fingerprint density at radius 3 is 2.43 bits per heavy atom. The van der Waals surface area contributed by atoms with Crippen molar-refractivity contribution in [2.75, 3.05) is 23.4 Å². The molecule has 0 aliphatic rings. The van der Waals surface area contributed by atoms with Crippen LogP contribution in [0.25, 0.3) is 0 Å². The van der Waals surface area contributed by atoms with Gasteiger partial charge in [0, 0.05) is 23.7 Å². The first kappa shape index (κ1) is 16.9. The molecule has 5 nitrogen and oxygen atoms in total. The Morgan fingerprint density at radius 1 is 1.04 bits per heavy atom. The molecule has 2 aromatic rings. The smallest absolute Gasteiger partial charge is 0.243 e. The van der Waals surface area contributed by atoms with Gasteiger partial charge >= 0.3 is 0 Å². The summed E-state index contributed by atoms with van der Waals surface area (Å²) in [6.07, 6.45) is 1.09. The first-order valence-electron chi connectivity index (χ1n) is 6.54. The molecule has 0 heterocycles. The van der Waals surface area contributed by atoms with Gasteiger partial charge in [-0.25, -0.2) is 17.2 Å². The summed E-state index contributed by atoms with van der Waals surface area (Å²) in [5.41, 5.74) is 0.578. The Kier molecular flexibility index (Phi) is 4.95. The van der Waals surface area contributed by atoms with Crippen molar-refractivity contribution in [3.05, 3.63) is 54.1 Å². The average molecular weight is 340 g/mol. The molecular weight excluding hydrogens is 326 g/mol. The molecule has 23 heavy (non-hydrogen) atoms. The Morgan fingerprint density at radius 2 is 1.78 bits per heavy atom. The fraction of sp³-hybridized carbons (Fsp3) is 0.133. The Hall–Kier alpha value is -2.48. The number of benzene rings is 2. The van der Waals surface area contributed by atoms with E-state index in [-0.39, 0.29) is 17.1 Å². The van der Waals surface area contributed by atoms with E-state index in [1.165, 1.54) is 18.2 Å². The summed E-state index contributed by atoms with van der Waals surface area (Å²) in [4.78, 5) is 11.9. The van der Waals surface area contributed by atoms with E-state index in [2.05, 4.69) is 10.6 Å². The maximum Gasteiger partial charge on any atom is 0.243 e. The normalized spacial score (nSPS) is 11.1. The van der Waals surface area contributed by atoms with Crippen molar-refractivity contribution < 1.29 is 22.0 Å². The largest absolute Gasteiger partial charge is 0.376 e. The van der Waals surface area contributed by atoms with Crippen LogP contribution in [-0.2, 0) is 14.6 Å². The SMILES string of the molecule is CS(=O)(=O)c1cccc(NCC(=O)Nc2ccc(F)c(F)c2)c1. The highest BCUT2D eigenvalue weighted by Gasteiger charge is 2.09. The summed E-state index contributed by atoms with van der Waals surface area (Å²) in [5.74, 6) is -2.55. The summed E-state index contributed by atoms with van der Waals surface area (Å²) in [6, 6.07) is 9.03. The van der Waals surface area contributed by atoms with Crippen molar-refractivity contribution in [3.8, 4) is 0 Å². The molecular formula is C15H14F2N2O3S. The molecule has 0 saturated carbocycles. The van der Waals surface area contributed by atoms with E-state index in [0.29, 0.717) is 5.69 Å². The quantitative estimate of drug-likeness (QED) is 0.876. The molecule has 0 unspecified atom stereocenters. The second-order valence-electron chi connectivity index (χ2n) is 4.83. The number of carbonyl (C=O) groups excluding carboxylic acids is 1. The lowest BCUT2D eigenvalue weighted by atomic mass is 10.3. The van der Waals surface area contributed by atoms with Gasteiger partial charge < -0.3 is 10.6 Å². The van der Waals surface area contributed by atoms with Gasteiger partial charge in [-0.05, 0) is 30.3 Å². The first-order chi connectivity index (χ1) is 10.8. The number of hydrogen-bond donors (Lipinski definition) is 2. The second kappa shape index (κ2) is 6.74. The zero-order valence-electron chi connectivity index (χ0n) is 12.1. The van der Waals surface area contributed by atoms with E-state index in [0.717, 1.165) is 18.4 Å². The third-order valence-corrected chi connectivity index (χ3v) is 4.03. The number of halogens is 2. The highest BCUT2D eigenvalue weighted by molar-refractivity contribution is 7.90. The lowest BCUT2D eigenvalue weighted by molar-refractivity contribution is -0.114. The van der Waals surface area contributed by atoms with Crippen LogP contribution in [0.4, 0.5) is 20.2 Å². The van der Waals surface area contributed by atoms with Gasteiger partial charge in [0.1, 0.15) is 0 Å². The standard InChI is InChI=1S/C15H14F2N2O3S/c1-23(21,22)12-4-2-3-10(7-12)18-9-15(20)19-11-5-6-13(16)14(17)8-11/h2-8,18H,9H2,1H3,(H,19,20). The molecule has 2 rings (SSSR count). The Balaban J connectivity index is 1.98. The topological polar surface area (TPSA) is 75.3 Å². The Bertz CT molecular complexity index is 838. The molecule has 0 radical (unpaired) electrons. The van der Waals surface area contributed by atoms with E-state index in [1.54, 1.807) is 12.1 Å². The molecule has 2 aromatic carbocycles. The molecule has 0 fully saturated rings. The van der Waals surface area contributed by atoms with Gasteiger partial charge in [-0.2, -0.15) is 0 Å². The molecule has 1 amide bonds. The van der Waals surface area contributed by atoms with Crippen molar-refractivity contribution in [3.63, 3.8) is 0 Å². The molecule has 0 atom stereocenters. The van der Waals surface area contributed by atoms with Crippen LogP contribution in [-0.4, -0.2) is 27.1 Å². The average Bonchev–Trinajstić information content (AvgIpc) is 2.48. The van der Waals surface area contributed by atoms with Gasteiger partial charge in [-0.15, -0.1) is 0 Å². The van der Waals surface area contributed by atoms with Gasteiger partial charge in [-0.3, -0.25) is 4.79 Å². The molecule has 0 aliphatic carbocycles. The van der Waals surface area contributed by atoms with Crippen LogP contribution in [0.2, 0.25) is 0 Å². The highest BCUT2D eigenvalue weighted by atomic mass is 32.2. The maximum absolute atomic E-state index is 13.0. The molecule has 0 bridgehead atoms. The monoisotopic (exact) mass is 340 g/mol. The summed E-state index contributed by atoms with van der Waals surface area (Å²) in [5, 5.41) is 5.16. The van der Waals surface area contributed by atoms with E-state index in [1.807, 2.05) is 0 Å². The third kappa shape index (κ3) is 4.75. The molecule has 0 aromatic heterocycles. The molecule has 0 saturated heterocycles. The minimum Gasteiger partial charge on any atom is -0.376 e. The summed E-state index contributed by atoms with van der Waals surface area (Å²) in [7, 11) is -3.34. The van der Waals surface area contributed by atoms with Crippen LogP contribution in [0.3, 0.4) is 0 Å². The number of amides is 1. The van der Waals surface area contributed by atoms with Gasteiger partial charge in [0.25, 0.3) is 0 Å². The zero-order valence-corrected chi connectivity index (χ0v) is 13.0. The summed E-state index contributed by atoms with van der Waals surface area (Å²) >= 11 is 0. The number of carbonyl (C=O) groups is 1. The predicted octanol–water partition coefficient (Wildman–Crippen LogP) is 2.42. The third-order valence-electron chi connectivity index (χ3n) is 2.92. The van der Waals surface area contributed by atoms with Crippen LogP contribution in [0.5, 0.6) is 0 Å². The number of nitrogens with one attached hydrogen (secondary N) is 2. The number of rotatable bonds is 5. The molecule has 2 N–H and O–H groups in total. The van der Waals surface area contributed by atoms with Crippen molar-refractivity contribution in [2.24, 2.45) is 0 Å². The molecule has 0 aliphatic heterocycles. The Labute approximate surface area is 132 Å². The highest BCUT2D eigenvalue weighted by Crippen LogP contribution is 2.16. The fourth-order valence-corrected chi connectivity index (χ4v) is 2.46. The van der Waals surface area contributed by atoms with Crippen molar-refractivity contribution >= 4 is 27.1 Å². The van der Waals surface area contributed by atoms with E-state index in [9.17, 15) is 22.0 Å². The van der Waals surface area contributed by atoms with Crippen LogP contribution in [0.1, 0.15) is 0 Å². The summed E-state index contributed by atoms with van der Waals surface area (Å²) in [6.45, 7) is -0.161. The van der Waals surface area contributed by atoms with E-state index in [4.69, 9.17) is 0 Å². The van der Waals surface area contributed by atoms with Crippen LogP contribution < -0.4 is 10.6 Å². The van der Waals surface area contributed by atoms with Crippen LogP contribution in [0.15, 0.2) is 47.4 Å². The van der Waals surface area contributed by atoms with Crippen molar-refractivity contribution in [1.82, 2.24) is 0 Å². The first-order valence-corrected chi connectivity index (χ1v) is 8.44. The van der Waals surface area contributed by atoms with Crippen LogP contribution >= 0.6 is 0 Å². The number of sulfone groups is 1. The number of anilines is 2. The number of hydrogen-bond acceptors (Lipinski definition) is 4. The van der Waals surface area contributed by atoms with Gasteiger partial charge in [0.2, 0.25) is 5.91 Å². The maximum atomic E-state index is 13.0. The van der Waals surface area contributed by atoms with E-state index >= 15 is 0 Å². The van der Waals surface area contributed by atoms with Gasteiger partial charge in [0.05, 0.1) is 11.4 Å². The minimum atomic E-state index is -3.34. The lowest BCUT2D eigenvalue weighted by Gasteiger charge is -2.09. The van der Waals surface area contributed by atoms with Gasteiger partial charge in [0.15, 0.2) is 21.5 Å². The van der Waals surface area contributed by atoms with Crippen LogP contribution in [0, 0.1) is 11.6 Å². The summed E-state index contributed by atoms with van der Waals surface area (Å²) < 4.78 is 48.7. The second-order valence-corrected chi connectivity index (χ2v) is 6.85. The lowest BCUT2D eigenvalue weighted by Crippen LogP contribution is -2.21. The predicted molar refractivity (Wildman–Crippen MR) is 83.0 cm³/mol. The molecule has 0 spiro atoms. The molecule has 122 valence electrons. The van der Waals surface area contributed by atoms with Crippen molar-refractivity contribution in [1.29, 1.82) is 0 Å².